The molecule has 1 aromatic heterocycles. The van der Waals surface area contributed by atoms with Crippen molar-refractivity contribution in [3.8, 4) is 0 Å². The van der Waals surface area contributed by atoms with Gasteiger partial charge >= 0.3 is 0 Å². The Morgan fingerprint density at radius 2 is 2.00 bits per heavy atom. The Kier molecular flexibility index (Phi) is 4.66. The lowest BCUT2D eigenvalue weighted by atomic mass is 10.1. The first kappa shape index (κ1) is 13.4. The first-order valence-electron chi connectivity index (χ1n) is 6.01. The molecule has 0 unspecified atom stereocenters. The van der Waals surface area contributed by atoms with Gasteiger partial charge < -0.3 is 4.98 Å². The monoisotopic (exact) mass is 322 g/mol. The maximum atomic E-state index is 5.20. The summed E-state index contributed by atoms with van der Waals surface area (Å²) in [7, 11) is 0. The van der Waals surface area contributed by atoms with Crippen LogP contribution in [0.3, 0.4) is 0 Å². The van der Waals surface area contributed by atoms with Crippen molar-refractivity contribution in [2.75, 3.05) is 0 Å². The van der Waals surface area contributed by atoms with E-state index in [1.807, 2.05) is 18.2 Å². The minimum atomic E-state index is 0.671. The number of benzene rings is 1. The van der Waals surface area contributed by atoms with Gasteiger partial charge in [-0.1, -0.05) is 53.6 Å². The first-order chi connectivity index (χ1) is 8.67. The zero-order chi connectivity index (χ0) is 13.0. The highest BCUT2D eigenvalue weighted by molar-refractivity contribution is 9.10. The smallest absolute Gasteiger partial charge is 0.130 e. The van der Waals surface area contributed by atoms with Crippen molar-refractivity contribution in [1.82, 2.24) is 9.97 Å². The molecular formula is C14H15BrN2S. The summed E-state index contributed by atoms with van der Waals surface area (Å²) >= 11 is 8.63. The maximum Gasteiger partial charge on any atom is 0.130 e. The Bertz CT molecular complexity index is 575. The molecule has 2 aromatic rings. The van der Waals surface area contributed by atoms with Crippen LogP contribution in [0.2, 0.25) is 0 Å². The summed E-state index contributed by atoms with van der Waals surface area (Å²) in [5.41, 5.74) is 2.40. The van der Waals surface area contributed by atoms with E-state index >= 15 is 0 Å². The molecule has 1 aromatic carbocycles. The zero-order valence-corrected chi connectivity index (χ0v) is 12.6. The molecule has 0 fully saturated rings. The van der Waals surface area contributed by atoms with Crippen LogP contribution in [0, 0.1) is 4.64 Å². The number of aryl methyl sites for hydroxylation is 1. The van der Waals surface area contributed by atoms with Crippen molar-refractivity contribution < 1.29 is 0 Å². The fourth-order valence-corrected chi connectivity index (χ4v) is 2.36. The average Bonchev–Trinajstić information content (AvgIpc) is 2.32. The van der Waals surface area contributed by atoms with Gasteiger partial charge in [0.2, 0.25) is 0 Å². The molecule has 0 atom stereocenters. The third kappa shape index (κ3) is 3.75. The van der Waals surface area contributed by atoms with Crippen molar-refractivity contribution in [2.24, 2.45) is 0 Å². The molecule has 0 spiro atoms. The van der Waals surface area contributed by atoms with Crippen molar-refractivity contribution in [2.45, 2.75) is 26.2 Å². The Morgan fingerprint density at radius 3 is 2.67 bits per heavy atom. The highest BCUT2D eigenvalue weighted by atomic mass is 79.9. The van der Waals surface area contributed by atoms with Gasteiger partial charge in [0.05, 0.1) is 0 Å². The minimum Gasteiger partial charge on any atom is -0.347 e. The van der Waals surface area contributed by atoms with E-state index in [0.29, 0.717) is 4.64 Å². The maximum absolute atomic E-state index is 5.20. The van der Waals surface area contributed by atoms with Crippen molar-refractivity contribution in [1.29, 1.82) is 0 Å². The van der Waals surface area contributed by atoms with Crippen LogP contribution in [0.5, 0.6) is 0 Å². The van der Waals surface area contributed by atoms with Crippen LogP contribution in [-0.2, 0) is 12.8 Å². The highest BCUT2D eigenvalue weighted by Crippen LogP contribution is 2.13. The number of aromatic nitrogens is 2. The molecule has 0 aliphatic rings. The lowest BCUT2D eigenvalue weighted by molar-refractivity contribution is 0.838. The van der Waals surface area contributed by atoms with E-state index in [1.165, 1.54) is 11.3 Å². The van der Waals surface area contributed by atoms with Gasteiger partial charge in [-0.3, -0.25) is 0 Å². The molecule has 4 heteroatoms. The number of halogens is 1. The average molecular weight is 323 g/mol. The molecule has 2 nitrogen and oxygen atoms in total. The van der Waals surface area contributed by atoms with Crippen LogP contribution < -0.4 is 0 Å². The minimum absolute atomic E-state index is 0.671. The van der Waals surface area contributed by atoms with E-state index in [1.54, 1.807) is 0 Å². The summed E-state index contributed by atoms with van der Waals surface area (Å²) in [4.78, 5) is 7.74. The van der Waals surface area contributed by atoms with Crippen LogP contribution >= 0.6 is 28.1 Å². The lowest BCUT2D eigenvalue weighted by Gasteiger charge is -2.05. The molecule has 0 amide bonds. The van der Waals surface area contributed by atoms with Crippen molar-refractivity contribution in [3.05, 3.63) is 56.5 Å². The first-order valence-corrected chi connectivity index (χ1v) is 7.21. The van der Waals surface area contributed by atoms with Gasteiger partial charge in [-0.25, -0.2) is 4.98 Å². The second kappa shape index (κ2) is 6.25. The Morgan fingerprint density at radius 1 is 1.28 bits per heavy atom. The van der Waals surface area contributed by atoms with Crippen LogP contribution in [0.1, 0.15) is 30.4 Å². The fourth-order valence-electron chi connectivity index (χ4n) is 1.85. The van der Waals surface area contributed by atoms with Gasteiger partial charge in [0, 0.05) is 16.6 Å². The topological polar surface area (TPSA) is 28.7 Å². The third-order valence-electron chi connectivity index (χ3n) is 2.65. The second-order valence-electron chi connectivity index (χ2n) is 4.24. The quantitative estimate of drug-likeness (QED) is 0.843. The van der Waals surface area contributed by atoms with Gasteiger partial charge in [0.25, 0.3) is 0 Å². The van der Waals surface area contributed by atoms with Crippen LogP contribution in [0.25, 0.3) is 0 Å². The summed E-state index contributed by atoms with van der Waals surface area (Å²) in [5.74, 6) is 0.938. The number of nitrogens with zero attached hydrogens (tertiary/aromatic N) is 1. The fraction of sp³-hybridized carbons (Fsp3) is 0.286. The summed E-state index contributed by atoms with van der Waals surface area (Å²) in [6, 6.07) is 10.2. The van der Waals surface area contributed by atoms with Gasteiger partial charge in [-0.05, 0) is 30.2 Å². The molecule has 0 saturated carbocycles. The van der Waals surface area contributed by atoms with E-state index in [0.717, 1.165) is 29.6 Å². The molecular weight excluding hydrogens is 308 g/mol. The zero-order valence-electron chi connectivity index (χ0n) is 10.2. The summed E-state index contributed by atoms with van der Waals surface area (Å²) < 4.78 is 1.76. The summed E-state index contributed by atoms with van der Waals surface area (Å²) in [6.07, 6.45) is 2.90. The molecule has 0 aliphatic heterocycles. The van der Waals surface area contributed by atoms with Crippen molar-refractivity contribution in [3.63, 3.8) is 0 Å². The standard InChI is InChI=1S/C14H15BrN2S/c1-2-3-12-9-14(18)17-13(16-12)8-10-4-6-11(15)7-5-10/h4-7,9H,2-3,8H2,1H3,(H,16,17,18). The van der Waals surface area contributed by atoms with E-state index in [4.69, 9.17) is 12.2 Å². The molecule has 2 rings (SSSR count). The molecule has 0 radical (unpaired) electrons. The number of rotatable bonds is 4. The molecule has 1 heterocycles. The Balaban J connectivity index is 2.23. The van der Waals surface area contributed by atoms with Crippen LogP contribution in [0.4, 0.5) is 0 Å². The number of hydrogen-bond acceptors (Lipinski definition) is 2. The SMILES string of the molecule is CCCc1cc(=S)nc(Cc2ccc(Br)cc2)[nH]1. The van der Waals surface area contributed by atoms with E-state index in [-0.39, 0.29) is 0 Å². The van der Waals surface area contributed by atoms with Crippen molar-refractivity contribution >= 4 is 28.1 Å². The number of nitrogens with one attached hydrogen (secondary N) is 1. The van der Waals surface area contributed by atoms with Gasteiger partial charge in [-0.15, -0.1) is 0 Å². The number of H-pyrrole nitrogens is 1. The van der Waals surface area contributed by atoms with E-state index in [2.05, 4.69) is 45.0 Å². The van der Waals surface area contributed by atoms with Crippen LogP contribution in [-0.4, -0.2) is 9.97 Å². The van der Waals surface area contributed by atoms with Gasteiger partial charge in [0.1, 0.15) is 10.5 Å². The van der Waals surface area contributed by atoms with E-state index in [9.17, 15) is 0 Å². The second-order valence-corrected chi connectivity index (χ2v) is 5.58. The number of hydrogen-bond donors (Lipinski definition) is 1. The number of aromatic amines is 1. The normalized spacial score (nSPS) is 10.6. The summed E-state index contributed by atoms with van der Waals surface area (Å²) in [5, 5.41) is 0. The predicted molar refractivity (Wildman–Crippen MR) is 80.4 cm³/mol. The molecule has 1 N–H and O–H groups in total. The largest absolute Gasteiger partial charge is 0.347 e. The van der Waals surface area contributed by atoms with Gasteiger partial charge in [0.15, 0.2) is 0 Å². The molecule has 18 heavy (non-hydrogen) atoms. The molecule has 0 bridgehead atoms. The Labute approximate surface area is 121 Å². The lowest BCUT2D eigenvalue weighted by Crippen LogP contribution is -2.00. The van der Waals surface area contributed by atoms with Gasteiger partial charge in [-0.2, -0.15) is 0 Å². The predicted octanol–water partition coefficient (Wildman–Crippen LogP) is 4.44. The summed E-state index contributed by atoms with van der Waals surface area (Å²) in [6.45, 7) is 2.16. The molecule has 0 saturated heterocycles. The highest BCUT2D eigenvalue weighted by Gasteiger charge is 2.01. The Hall–Kier alpha value is -1.00. The van der Waals surface area contributed by atoms with E-state index < -0.39 is 0 Å². The molecule has 94 valence electrons. The van der Waals surface area contributed by atoms with Crippen LogP contribution in [0.15, 0.2) is 34.8 Å². The third-order valence-corrected chi connectivity index (χ3v) is 3.39. The molecule has 0 aliphatic carbocycles.